The molecule has 2 nitrogen and oxygen atoms in total. The first-order chi connectivity index (χ1) is 9.87. The molecular weight excluding hydrogens is 288 g/mol. The third-order valence-corrected chi connectivity index (χ3v) is 3.34. The van der Waals surface area contributed by atoms with Crippen molar-refractivity contribution in [3.8, 4) is 11.5 Å². The highest BCUT2D eigenvalue weighted by Crippen LogP contribution is 2.47. The molecule has 0 saturated heterocycles. The number of fused-ring (bicyclic) bond motifs is 1. The van der Waals surface area contributed by atoms with Gasteiger partial charge in [0.1, 0.15) is 29.2 Å². The molecule has 0 radical (unpaired) electrons. The number of alkyl halides is 2. The van der Waals surface area contributed by atoms with Crippen molar-refractivity contribution in [2.45, 2.75) is 18.4 Å². The van der Waals surface area contributed by atoms with Gasteiger partial charge in [0, 0.05) is 30.2 Å². The second-order valence-electron chi connectivity index (χ2n) is 4.87. The minimum absolute atomic E-state index is 0.0497. The average molecular weight is 298 g/mol. The maximum absolute atomic E-state index is 13.6. The van der Waals surface area contributed by atoms with E-state index in [4.69, 9.17) is 4.74 Å². The number of rotatable bonds is 2. The number of hydrogen-bond donors (Lipinski definition) is 1. The molecule has 1 aliphatic rings. The molecule has 0 amide bonds. The maximum atomic E-state index is 13.6. The van der Waals surface area contributed by atoms with Gasteiger partial charge in [0.15, 0.2) is 0 Å². The largest absolute Gasteiger partial charge is 0.457 e. The number of benzene rings is 2. The van der Waals surface area contributed by atoms with Crippen LogP contribution in [0.5, 0.6) is 11.5 Å². The van der Waals surface area contributed by atoms with Crippen LogP contribution in [0.4, 0.5) is 17.6 Å². The topological polar surface area (TPSA) is 29.5 Å². The molecule has 0 bridgehead atoms. The highest BCUT2D eigenvalue weighted by molar-refractivity contribution is 5.48. The van der Waals surface area contributed by atoms with Gasteiger partial charge in [-0.25, -0.2) is 17.6 Å². The predicted molar refractivity (Wildman–Crippen MR) is 66.5 cm³/mol. The van der Waals surface area contributed by atoms with E-state index in [-0.39, 0.29) is 22.6 Å². The summed E-state index contributed by atoms with van der Waals surface area (Å²) in [6, 6.07) is 6.81. The van der Waals surface area contributed by atoms with Crippen molar-refractivity contribution in [1.82, 2.24) is 0 Å². The van der Waals surface area contributed by atoms with Crippen molar-refractivity contribution in [1.29, 1.82) is 0 Å². The molecule has 1 aliphatic carbocycles. The molecule has 0 aromatic heterocycles. The smallest absolute Gasteiger partial charge is 0.281 e. The standard InChI is InChI=1S/C15H10F4O2/c16-8-4-9(17)6-10(5-8)21-13-3-1-2-11-12(13)7-15(18,19)14(11)20/h1-6,14,20H,7H2/t14-/m0/s1. The Balaban J connectivity index is 1.99. The van der Waals surface area contributed by atoms with Gasteiger partial charge in [-0.2, -0.15) is 0 Å². The number of ether oxygens (including phenoxy) is 1. The van der Waals surface area contributed by atoms with Gasteiger partial charge >= 0.3 is 0 Å². The van der Waals surface area contributed by atoms with E-state index in [1.54, 1.807) is 0 Å². The predicted octanol–water partition coefficient (Wildman–Crippen LogP) is 3.98. The molecule has 0 spiro atoms. The molecule has 0 saturated carbocycles. The molecule has 1 atom stereocenters. The Morgan fingerprint density at radius 1 is 1.10 bits per heavy atom. The summed E-state index contributed by atoms with van der Waals surface area (Å²) in [5, 5.41) is 9.56. The third kappa shape index (κ3) is 2.47. The van der Waals surface area contributed by atoms with E-state index in [2.05, 4.69) is 0 Å². The fraction of sp³-hybridized carbons (Fsp3) is 0.200. The van der Waals surface area contributed by atoms with Crippen LogP contribution in [0, 0.1) is 11.6 Å². The molecule has 110 valence electrons. The quantitative estimate of drug-likeness (QED) is 0.850. The minimum Gasteiger partial charge on any atom is -0.457 e. The molecule has 0 fully saturated rings. The average Bonchev–Trinajstić information content (AvgIpc) is 2.61. The fourth-order valence-electron chi connectivity index (χ4n) is 2.40. The lowest BCUT2D eigenvalue weighted by atomic mass is 10.1. The summed E-state index contributed by atoms with van der Waals surface area (Å²) in [4.78, 5) is 0. The van der Waals surface area contributed by atoms with Crippen LogP contribution in [-0.2, 0) is 6.42 Å². The van der Waals surface area contributed by atoms with Gasteiger partial charge in [-0.05, 0) is 11.6 Å². The molecule has 0 heterocycles. The molecule has 2 aromatic carbocycles. The Kier molecular flexibility index (Phi) is 3.13. The number of aliphatic hydroxyl groups excluding tert-OH is 1. The lowest BCUT2D eigenvalue weighted by molar-refractivity contribution is -0.0968. The summed E-state index contributed by atoms with van der Waals surface area (Å²) in [5.74, 6) is -5.03. The first kappa shape index (κ1) is 13.9. The van der Waals surface area contributed by atoms with Gasteiger partial charge < -0.3 is 9.84 Å². The summed E-state index contributed by atoms with van der Waals surface area (Å²) in [6.45, 7) is 0. The highest BCUT2D eigenvalue weighted by Gasteiger charge is 2.47. The fourth-order valence-corrected chi connectivity index (χ4v) is 2.40. The van der Waals surface area contributed by atoms with Crippen LogP contribution in [0.1, 0.15) is 17.2 Å². The van der Waals surface area contributed by atoms with Crippen molar-refractivity contribution < 1.29 is 27.4 Å². The van der Waals surface area contributed by atoms with Crippen molar-refractivity contribution in [2.24, 2.45) is 0 Å². The zero-order chi connectivity index (χ0) is 15.2. The number of aliphatic hydroxyl groups is 1. The van der Waals surface area contributed by atoms with Gasteiger partial charge in [0.25, 0.3) is 5.92 Å². The Morgan fingerprint density at radius 2 is 1.76 bits per heavy atom. The Bertz CT molecular complexity index is 680. The minimum atomic E-state index is -3.28. The SMILES string of the molecule is O[C@H]1c2cccc(Oc3cc(F)cc(F)c3)c2CC1(F)F. The first-order valence-corrected chi connectivity index (χ1v) is 6.18. The summed E-state index contributed by atoms with van der Waals surface area (Å²) in [7, 11) is 0. The van der Waals surface area contributed by atoms with E-state index in [0.29, 0.717) is 6.07 Å². The summed E-state index contributed by atoms with van der Waals surface area (Å²) in [5.41, 5.74) is 0.203. The molecule has 21 heavy (non-hydrogen) atoms. The van der Waals surface area contributed by atoms with Crippen molar-refractivity contribution in [2.75, 3.05) is 0 Å². The van der Waals surface area contributed by atoms with E-state index in [1.807, 2.05) is 0 Å². The zero-order valence-corrected chi connectivity index (χ0v) is 10.6. The molecule has 1 N–H and O–H groups in total. The van der Waals surface area contributed by atoms with Gasteiger partial charge in [-0.3, -0.25) is 0 Å². The van der Waals surface area contributed by atoms with Crippen molar-refractivity contribution >= 4 is 0 Å². The Labute approximate surface area is 117 Å². The zero-order valence-electron chi connectivity index (χ0n) is 10.6. The molecule has 0 unspecified atom stereocenters. The molecule has 3 rings (SSSR count). The number of halogens is 4. The van der Waals surface area contributed by atoms with Crippen LogP contribution >= 0.6 is 0 Å². The highest BCUT2D eigenvalue weighted by atomic mass is 19.3. The van der Waals surface area contributed by atoms with Crippen LogP contribution in [0.2, 0.25) is 0 Å². The lowest BCUT2D eigenvalue weighted by Gasteiger charge is -2.12. The van der Waals surface area contributed by atoms with Crippen LogP contribution in [0.15, 0.2) is 36.4 Å². The lowest BCUT2D eigenvalue weighted by Crippen LogP contribution is -2.21. The van der Waals surface area contributed by atoms with Crippen molar-refractivity contribution in [3.63, 3.8) is 0 Å². The first-order valence-electron chi connectivity index (χ1n) is 6.18. The Hall–Kier alpha value is -2.08. The van der Waals surface area contributed by atoms with Crippen LogP contribution in [0.25, 0.3) is 0 Å². The Morgan fingerprint density at radius 3 is 2.43 bits per heavy atom. The third-order valence-electron chi connectivity index (χ3n) is 3.34. The van der Waals surface area contributed by atoms with Gasteiger partial charge in [0.05, 0.1) is 0 Å². The van der Waals surface area contributed by atoms with Gasteiger partial charge in [-0.1, -0.05) is 12.1 Å². The number of hydrogen-bond acceptors (Lipinski definition) is 2. The monoisotopic (exact) mass is 298 g/mol. The van der Waals surface area contributed by atoms with Gasteiger partial charge in [0.2, 0.25) is 0 Å². The van der Waals surface area contributed by atoms with E-state index in [9.17, 15) is 22.7 Å². The van der Waals surface area contributed by atoms with Crippen LogP contribution < -0.4 is 4.74 Å². The second-order valence-corrected chi connectivity index (χ2v) is 4.87. The van der Waals surface area contributed by atoms with Gasteiger partial charge in [-0.15, -0.1) is 0 Å². The van der Waals surface area contributed by atoms with Crippen molar-refractivity contribution in [3.05, 3.63) is 59.2 Å². The normalized spacial score (nSPS) is 19.4. The van der Waals surface area contributed by atoms with E-state index in [0.717, 1.165) is 12.1 Å². The van der Waals surface area contributed by atoms with E-state index < -0.39 is 30.1 Å². The summed E-state index contributed by atoms with van der Waals surface area (Å²) < 4.78 is 58.6. The summed E-state index contributed by atoms with van der Waals surface area (Å²) in [6.07, 6.45) is -2.59. The molecule has 6 heteroatoms. The molecule has 0 aliphatic heterocycles. The maximum Gasteiger partial charge on any atom is 0.281 e. The van der Waals surface area contributed by atoms with Crippen LogP contribution in [0.3, 0.4) is 0 Å². The van der Waals surface area contributed by atoms with E-state index in [1.165, 1.54) is 18.2 Å². The summed E-state index contributed by atoms with van der Waals surface area (Å²) >= 11 is 0. The second kappa shape index (κ2) is 4.73. The van der Waals surface area contributed by atoms with Crippen LogP contribution in [-0.4, -0.2) is 11.0 Å². The molecular formula is C15H10F4O2. The molecule has 2 aromatic rings. The van der Waals surface area contributed by atoms with E-state index >= 15 is 0 Å².